The first-order chi connectivity index (χ1) is 10.1. The van der Waals surface area contributed by atoms with E-state index in [4.69, 9.17) is 11.5 Å². The van der Waals surface area contributed by atoms with Crippen LogP contribution in [0.15, 0.2) is 24.3 Å². The van der Waals surface area contributed by atoms with E-state index in [0.29, 0.717) is 12.5 Å². The highest BCUT2D eigenvalue weighted by Gasteiger charge is 2.24. The maximum atomic E-state index is 10.7. The largest absolute Gasteiger partial charge is 0.481 e. The Labute approximate surface area is 126 Å². The Morgan fingerprint density at radius 2 is 2.05 bits per heavy atom. The zero-order valence-corrected chi connectivity index (χ0v) is 12.5. The Bertz CT molecular complexity index is 513. The molecule has 0 radical (unpaired) electrons. The van der Waals surface area contributed by atoms with Gasteiger partial charge in [-0.2, -0.15) is 0 Å². The lowest BCUT2D eigenvalue weighted by molar-refractivity contribution is -0.136. The van der Waals surface area contributed by atoms with Crippen molar-refractivity contribution in [1.82, 2.24) is 0 Å². The lowest BCUT2D eigenvalue weighted by atomic mass is 10.0. The fourth-order valence-electron chi connectivity index (χ4n) is 2.54. The summed E-state index contributed by atoms with van der Waals surface area (Å²) in [5, 5.41) is 8.83. The van der Waals surface area contributed by atoms with Gasteiger partial charge in [0.15, 0.2) is 0 Å². The predicted molar refractivity (Wildman–Crippen MR) is 85.7 cm³/mol. The first-order valence-corrected chi connectivity index (χ1v) is 7.42. The van der Waals surface area contributed by atoms with Gasteiger partial charge in [-0.25, -0.2) is 0 Å². The van der Waals surface area contributed by atoms with Crippen LogP contribution < -0.4 is 9.80 Å². The smallest absolute Gasteiger partial charge is 0.305 e. The Morgan fingerprint density at radius 3 is 2.57 bits per heavy atom. The molecule has 1 N–H and O–H groups in total. The summed E-state index contributed by atoms with van der Waals surface area (Å²) in [6.45, 7) is 5.37. The number of carbonyl (C=O) groups is 1. The molecular weight excluding hydrogens is 264 g/mol. The first-order valence-electron chi connectivity index (χ1n) is 7.42. The topological polar surface area (TPSA) is 43.8 Å². The summed E-state index contributed by atoms with van der Waals surface area (Å²) in [4.78, 5) is 15.1. The molecule has 1 saturated heterocycles. The molecule has 1 aromatic rings. The van der Waals surface area contributed by atoms with Crippen molar-refractivity contribution >= 4 is 17.3 Å². The highest BCUT2D eigenvalue weighted by Crippen LogP contribution is 2.26. The maximum absolute atomic E-state index is 10.7. The number of carboxylic acids is 1. The molecule has 2 rings (SSSR count). The molecule has 1 aromatic carbocycles. The molecule has 0 atom stereocenters. The van der Waals surface area contributed by atoms with Crippen molar-refractivity contribution in [3.63, 3.8) is 0 Å². The van der Waals surface area contributed by atoms with Crippen LogP contribution in [0.2, 0.25) is 0 Å². The van der Waals surface area contributed by atoms with Gasteiger partial charge in [-0.3, -0.25) is 4.79 Å². The number of anilines is 2. The van der Waals surface area contributed by atoms with Crippen LogP contribution in [0.4, 0.5) is 11.4 Å². The van der Waals surface area contributed by atoms with Crippen molar-refractivity contribution < 1.29 is 9.90 Å². The van der Waals surface area contributed by atoms with E-state index in [1.807, 2.05) is 0 Å². The molecule has 1 heterocycles. The Morgan fingerprint density at radius 1 is 1.38 bits per heavy atom. The van der Waals surface area contributed by atoms with E-state index in [-0.39, 0.29) is 6.42 Å². The van der Waals surface area contributed by atoms with Crippen molar-refractivity contribution in [3.05, 3.63) is 24.3 Å². The van der Waals surface area contributed by atoms with Crippen LogP contribution in [0, 0.1) is 18.3 Å². The molecule has 0 saturated carbocycles. The second-order valence-electron chi connectivity index (χ2n) is 5.42. The fourth-order valence-corrected chi connectivity index (χ4v) is 2.54. The summed E-state index contributed by atoms with van der Waals surface area (Å²) in [6, 6.07) is 8.31. The molecule has 0 aliphatic carbocycles. The molecule has 0 unspecified atom stereocenters. The third-order valence-electron chi connectivity index (χ3n) is 3.79. The minimum Gasteiger partial charge on any atom is -0.481 e. The van der Waals surface area contributed by atoms with Gasteiger partial charge in [-0.1, -0.05) is 12.8 Å². The second-order valence-corrected chi connectivity index (χ2v) is 5.42. The average Bonchev–Trinajstić information content (AvgIpc) is 2.43. The summed E-state index contributed by atoms with van der Waals surface area (Å²) in [5.41, 5.74) is 2.26. The number of benzene rings is 1. The Kier molecular flexibility index (Phi) is 5.10. The number of hydrogen-bond acceptors (Lipinski definition) is 3. The molecule has 112 valence electrons. The molecule has 4 heteroatoms. The van der Waals surface area contributed by atoms with Gasteiger partial charge in [0.25, 0.3) is 0 Å². The van der Waals surface area contributed by atoms with Crippen molar-refractivity contribution in [2.45, 2.75) is 19.8 Å². The van der Waals surface area contributed by atoms with E-state index in [9.17, 15) is 4.79 Å². The van der Waals surface area contributed by atoms with E-state index in [1.165, 1.54) is 5.69 Å². The van der Waals surface area contributed by atoms with Gasteiger partial charge >= 0.3 is 5.97 Å². The number of carboxylic acid groups (broad SMARTS) is 1. The second kappa shape index (κ2) is 7.03. The first kappa shape index (κ1) is 15.2. The van der Waals surface area contributed by atoms with Crippen molar-refractivity contribution in [3.8, 4) is 12.3 Å². The van der Waals surface area contributed by atoms with Crippen molar-refractivity contribution in [2.24, 2.45) is 5.92 Å². The van der Waals surface area contributed by atoms with Crippen LogP contribution in [0.5, 0.6) is 0 Å². The number of hydrogen-bond donors (Lipinski definition) is 1. The van der Waals surface area contributed by atoms with Gasteiger partial charge < -0.3 is 14.9 Å². The van der Waals surface area contributed by atoms with Gasteiger partial charge in [0.2, 0.25) is 0 Å². The lowest BCUT2D eigenvalue weighted by Crippen LogP contribution is -2.45. The minimum absolute atomic E-state index is 0.164. The van der Waals surface area contributed by atoms with Gasteiger partial charge in [-0.15, -0.1) is 6.42 Å². The average molecular weight is 286 g/mol. The highest BCUT2D eigenvalue weighted by atomic mass is 16.4. The molecule has 1 aliphatic rings. The van der Waals surface area contributed by atoms with E-state index in [1.54, 1.807) is 0 Å². The van der Waals surface area contributed by atoms with E-state index in [2.05, 4.69) is 46.9 Å². The lowest BCUT2D eigenvalue weighted by Gasteiger charge is -2.38. The van der Waals surface area contributed by atoms with Crippen LogP contribution in [-0.2, 0) is 4.79 Å². The van der Waals surface area contributed by atoms with Crippen LogP contribution in [0.3, 0.4) is 0 Å². The highest BCUT2D eigenvalue weighted by molar-refractivity contribution is 5.68. The summed E-state index contributed by atoms with van der Waals surface area (Å²) in [5.74, 6) is 2.39. The molecular formula is C17H22N2O2. The zero-order chi connectivity index (χ0) is 15.2. The van der Waals surface area contributed by atoms with Gasteiger partial charge in [0.1, 0.15) is 0 Å². The van der Waals surface area contributed by atoms with E-state index in [0.717, 1.165) is 31.7 Å². The van der Waals surface area contributed by atoms with Gasteiger partial charge in [0, 0.05) is 37.6 Å². The quantitative estimate of drug-likeness (QED) is 0.782. The van der Waals surface area contributed by atoms with Crippen LogP contribution in [-0.4, -0.2) is 37.3 Å². The Hall–Kier alpha value is -2.15. The summed E-state index contributed by atoms with van der Waals surface area (Å²) in [7, 11) is 0. The van der Waals surface area contributed by atoms with Crippen molar-refractivity contribution in [2.75, 3.05) is 36.0 Å². The van der Waals surface area contributed by atoms with Crippen LogP contribution in [0.1, 0.15) is 19.8 Å². The number of rotatable bonds is 7. The maximum Gasteiger partial charge on any atom is 0.305 e. The van der Waals surface area contributed by atoms with Crippen LogP contribution in [0.25, 0.3) is 0 Å². The van der Waals surface area contributed by atoms with Gasteiger partial charge in [0.05, 0.1) is 12.3 Å². The third-order valence-corrected chi connectivity index (χ3v) is 3.79. The fraction of sp³-hybridized carbons (Fsp3) is 0.471. The molecule has 4 nitrogen and oxygen atoms in total. The summed E-state index contributed by atoms with van der Waals surface area (Å²) in [6.07, 6.45) is 6.56. The minimum atomic E-state index is -0.756. The molecule has 1 aliphatic heterocycles. The molecule has 0 aromatic heterocycles. The summed E-state index contributed by atoms with van der Waals surface area (Å²) < 4.78 is 0. The molecule has 0 spiro atoms. The molecule has 1 fully saturated rings. The molecule has 21 heavy (non-hydrogen) atoms. The van der Waals surface area contributed by atoms with E-state index >= 15 is 0 Å². The summed E-state index contributed by atoms with van der Waals surface area (Å²) >= 11 is 0. The molecule has 0 bridgehead atoms. The standard InChI is InChI=1S/C17H22N2O2/c1-3-10-18(11-9-17(20)21)15-5-7-16(8-6-15)19-12-14(4-2)13-19/h2,5-8,14H,3,9-13H2,1H3,(H,20,21). The molecule has 0 amide bonds. The Balaban J connectivity index is 1.98. The predicted octanol–water partition coefficient (Wildman–Crippen LogP) is 2.45. The SMILES string of the molecule is C#CC1CN(c2ccc(N(CCC)CCC(=O)O)cc2)C1. The van der Waals surface area contributed by atoms with Crippen molar-refractivity contribution in [1.29, 1.82) is 0 Å². The van der Waals surface area contributed by atoms with Gasteiger partial charge in [-0.05, 0) is 30.7 Å². The van der Waals surface area contributed by atoms with E-state index < -0.39 is 5.97 Å². The number of terminal acetylenes is 1. The monoisotopic (exact) mass is 286 g/mol. The number of aliphatic carboxylic acids is 1. The number of nitrogens with zero attached hydrogens (tertiary/aromatic N) is 2. The van der Waals surface area contributed by atoms with Crippen LogP contribution >= 0.6 is 0 Å². The normalized spacial score (nSPS) is 14.4. The zero-order valence-electron chi connectivity index (χ0n) is 12.5. The third kappa shape index (κ3) is 3.91.